The Balaban J connectivity index is 1.66. The molecule has 8 heteroatoms. The van der Waals surface area contributed by atoms with Gasteiger partial charge in [0.25, 0.3) is 0 Å². The molecule has 2 aromatic heterocycles. The van der Waals surface area contributed by atoms with E-state index in [2.05, 4.69) is 25.8 Å². The van der Waals surface area contributed by atoms with Crippen molar-refractivity contribution in [1.82, 2.24) is 15.2 Å². The zero-order valence-electron chi connectivity index (χ0n) is 12.1. The predicted molar refractivity (Wildman–Crippen MR) is 92.0 cm³/mol. The van der Waals surface area contributed by atoms with Crippen LogP contribution in [0.2, 0.25) is 5.02 Å². The Morgan fingerprint density at radius 2 is 2.09 bits per heavy atom. The van der Waals surface area contributed by atoms with Crippen LogP contribution in [0.4, 0.5) is 15.6 Å². The monoisotopic (exact) mass is 345 g/mol. The maximum atomic E-state index is 12.0. The first-order valence-corrected chi connectivity index (χ1v) is 7.89. The molecule has 2 N–H and O–H groups in total. The summed E-state index contributed by atoms with van der Waals surface area (Å²) in [4.78, 5) is 16.0. The van der Waals surface area contributed by atoms with E-state index >= 15 is 0 Å². The number of carbonyl (C=O) groups excluding carboxylic acids is 1. The average molecular weight is 346 g/mol. The average Bonchev–Trinajstić information content (AvgIpc) is 3.00. The lowest BCUT2D eigenvalue weighted by atomic mass is 10.2. The normalized spacial score (nSPS) is 10.3. The molecule has 23 heavy (non-hydrogen) atoms. The lowest BCUT2D eigenvalue weighted by molar-refractivity contribution is 0.262. The smallest absolute Gasteiger partial charge is 0.308 e. The molecular weight excluding hydrogens is 334 g/mol. The minimum atomic E-state index is -0.388. The maximum Gasteiger partial charge on any atom is 0.325 e. The highest BCUT2D eigenvalue weighted by Gasteiger charge is 2.10. The van der Waals surface area contributed by atoms with Gasteiger partial charge in [0.2, 0.25) is 5.13 Å². The summed E-state index contributed by atoms with van der Waals surface area (Å²) in [6.45, 7) is 1.87. The summed E-state index contributed by atoms with van der Waals surface area (Å²) in [5.41, 5.74) is 2.40. The molecular formula is C15H12ClN5OS. The zero-order chi connectivity index (χ0) is 16.2. The van der Waals surface area contributed by atoms with Crippen LogP contribution in [0.1, 0.15) is 5.56 Å². The number of benzene rings is 1. The molecule has 0 aliphatic rings. The van der Waals surface area contributed by atoms with Gasteiger partial charge in [0.1, 0.15) is 0 Å². The minimum absolute atomic E-state index is 0.388. The molecule has 0 bridgehead atoms. The van der Waals surface area contributed by atoms with E-state index in [1.807, 2.05) is 19.1 Å². The van der Waals surface area contributed by atoms with E-state index in [9.17, 15) is 4.79 Å². The Hall–Kier alpha value is -2.51. The number of rotatable bonds is 3. The van der Waals surface area contributed by atoms with Crippen LogP contribution in [0.15, 0.2) is 42.7 Å². The molecule has 0 saturated carbocycles. The van der Waals surface area contributed by atoms with Gasteiger partial charge in [-0.05, 0) is 42.8 Å². The van der Waals surface area contributed by atoms with Crippen molar-refractivity contribution in [3.8, 4) is 10.6 Å². The van der Waals surface area contributed by atoms with Crippen molar-refractivity contribution in [3.63, 3.8) is 0 Å². The lowest BCUT2D eigenvalue weighted by Crippen LogP contribution is -2.19. The second-order valence-corrected chi connectivity index (χ2v) is 6.08. The number of aromatic nitrogens is 3. The number of halogens is 1. The SMILES string of the molecule is Cc1cc(NC(=O)Nc2nnc(-c3cccnc3)s2)ccc1Cl. The molecule has 0 spiro atoms. The number of aryl methyl sites for hydroxylation is 1. The number of nitrogens with zero attached hydrogens (tertiary/aromatic N) is 3. The molecule has 116 valence electrons. The molecule has 0 aliphatic carbocycles. The van der Waals surface area contributed by atoms with Crippen molar-refractivity contribution in [3.05, 3.63) is 53.3 Å². The van der Waals surface area contributed by atoms with Gasteiger partial charge in [-0.25, -0.2) is 4.79 Å². The molecule has 6 nitrogen and oxygen atoms in total. The van der Waals surface area contributed by atoms with Crippen LogP contribution < -0.4 is 10.6 Å². The Bertz CT molecular complexity index is 837. The van der Waals surface area contributed by atoms with Crippen molar-refractivity contribution in [2.75, 3.05) is 10.6 Å². The topological polar surface area (TPSA) is 79.8 Å². The third-order valence-corrected chi connectivity index (χ3v) is 4.28. The number of carbonyl (C=O) groups is 1. The standard InChI is InChI=1S/C15H12ClN5OS/c1-9-7-11(4-5-12(9)16)18-14(22)19-15-21-20-13(23-15)10-3-2-6-17-8-10/h2-8H,1H3,(H2,18,19,21,22). The number of pyridine rings is 1. The summed E-state index contributed by atoms with van der Waals surface area (Å²) in [5.74, 6) is 0. The Morgan fingerprint density at radius 1 is 1.22 bits per heavy atom. The van der Waals surface area contributed by atoms with Gasteiger partial charge in [-0.1, -0.05) is 22.9 Å². The van der Waals surface area contributed by atoms with Gasteiger partial charge in [0.15, 0.2) is 5.01 Å². The molecule has 2 heterocycles. The number of nitrogens with one attached hydrogen (secondary N) is 2. The molecule has 3 rings (SSSR count). The highest BCUT2D eigenvalue weighted by Crippen LogP contribution is 2.25. The molecule has 3 aromatic rings. The number of urea groups is 1. The van der Waals surface area contributed by atoms with Crippen LogP contribution in [0.5, 0.6) is 0 Å². The first kappa shape index (κ1) is 15.4. The quantitative estimate of drug-likeness (QED) is 0.745. The number of hydrogen-bond acceptors (Lipinski definition) is 5. The fourth-order valence-electron chi connectivity index (χ4n) is 1.86. The van der Waals surface area contributed by atoms with Gasteiger partial charge in [0.05, 0.1) is 0 Å². The second-order valence-electron chi connectivity index (χ2n) is 4.70. The first-order valence-electron chi connectivity index (χ1n) is 6.70. The van der Waals surface area contributed by atoms with E-state index in [4.69, 9.17) is 11.6 Å². The molecule has 0 saturated heterocycles. The van der Waals surface area contributed by atoms with Crippen molar-refractivity contribution in [2.24, 2.45) is 0 Å². The zero-order valence-corrected chi connectivity index (χ0v) is 13.6. The number of amides is 2. The van der Waals surface area contributed by atoms with Crippen LogP contribution in [0.3, 0.4) is 0 Å². The van der Waals surface area contributed by atoms with Crippen LogP contribution in [-0.2, 0) is 0 Å². The summed E-state index contributed by atoms with van der Waals surface area (Å²) in [6.07, 6.45) is 3.38. The van der Waals surface area contributed by atoms with Gasteiger partial charge in [-0.15, -0.1) is 10.2 Å². The third kappa shape index (κ3) is 3.82. The van der Waals surface area contributed by atoms with Crippen molar-refractivity contribution in [1.29, 1.82) is 0 Å². The lowest BCUT2D eigenvalue weighted by Gasteiger charge is -2.06. The molecule has 0 radical (unpaired) electrons. The molecule has 2 amide bonds. The first-order chi connectivity index (χ1) is 11.1. The minimum Gasteiger partial charge on any atom is -0.308 e. The van der Waals surface area contributed by atoms with Crippen LogP contribution >= 0.6 is 22.9 Å². The van der Waals surface area contributed by atoms with Gasteiger partial charge < -0.3 is 5.32 Å². The summed E-state index contributed by atoms with van der Waals surface area (Å²) >= 11 is 7.23. The van der Waals surface area contributed by atoms with Crippen LogP contribution in [-0.4, -0.2) is 21.2 Å². The summed E-state index contributed by atoms with van der Waals surface area (Å²) < 4.78 is 0. The number of hydrogen-bond donors (Lipinski definition) is 2. The van der Waals surface area contributed by atoms with E-state index in [-0.39, 0.29) is 6.03 Å². The van der Waals surface area contributed by atoms with E-state index < -0.39 is 0 Å². The summed E-state index contributed by atoms with van der Waals surface area (Å²) in [5, 5.41) is 15.1. The van der Waals surface area contributed by atoms with Crippen LogP contribution in [0, 0.1) is 6.92 Å². The highest BCUT2D eigenvalue weighted by atomic mass is 35.5. The fourth-order valence-corrected chi connectivity index (χ4v) is 2.71. The van der Waals surface area contributed by atoms with Crippen molar-refractivity contribution < 1.29 is 4.79 Å². The maximum absolute atomic E-state index is 12.0. The van der Waals surface area contributed by atoms with Crippen LogP contribution in [0.25, 0.3) is 10.6 Å². The Kier molecular flexibility index (Phi) is 4.50. The van der Waals surface area contributed by atoms with Gasteiger partial charge in [0, 0.05) is 28.7 Å². The van der Waals surface area contributed by atoms with Gasteiger partial charge in [-0.2, -0.15) is 0 Å². The Labute approximate surface area is 141 Å². The van der Waals surface area contributed by atoms with E-state index in [1.54, 1.807) is 30.6 Å². The molecule has 0 aliphatic heterocycles. The highest BCUT2D eigenvalue weighted by molar-refractivity contribution is 7.18. The predicted octanol–water partition coefficient (Wildman–Crippen LogP) is 4.21. The number of anilines is 2. The Morgan fingerprint density at radius 3 is 2.83 bits per heavy atom. The van der Waals surface area contributed by atoms with E-state index in [0.29, 0.717) is 20.8 Å². The van der Waals surface area contributed by atoms with E-state index in [1.165, 1.54) is 11.3 Å². The van der Waals surface area contributed by atoms with Gasteiger partial charge in [-0.3, -0.25) is 10.3 Å². The summed E-state index contributed by atoms with van der Waals surface area (Å²) in [7, 11) is 0. The molecule has 1 aromatic carbocycles. The molecule has 0 atom stereocenters. The van der Waals surface area contributed by atoms with Crippen molar-refractivity contribution >= 4 is 39.8 Å². The molecule has 0 unspecified atom stereocenters. The largest absolute Gasteiger partial charge is 0.325 e. The molecule has 0 fully saturated rings. The van der Waals surface area contributed by atoms with E-state index in [0.717, 1.165) is 11.1 Å². The van der Waals surface area contributed by atoms with Gasteiger partial charge >= 0.3 is 6.03 Å². The fraction of sp³-hybridized carbons (Fsp3) is 0.0667. The third-order valence-electron chi connectivity index (χ3n) is 2.97. The summed E-state index contributed by atoms with van der Waals surface area (Å²) in [6, 6.07) is 8.57. The second kappa shape index (κ2) is 6.72. The van der Waals surface area contributed by atoms with Crippen molar-refractivity contribution in [2.45, 2.75) is 6.92 Å².